The summed E-state index contributed by atoms with van der Waals surface area (Å²) in [5.74, 6) is 2.16. The highest BCUT2D eigenvalue weighted by atomic mass is 32.2. The lowest BCUT2D eigenvalue weighted by molar-refractivity contribution is -0.125. The molecule has 2 aromatic rings. The second-order valence-corrected chi connectivity index (χ2v) is 9.06. The molecule has 2 heterocycles. The van der Waals surface area contributed by atoms with Crippen LogP contribution in [0, 0.1) is 5.92 Å². The van der Waals surface area contributed by atoms with Gasteiger partial charge < -0.3 is 14.6 Å². The van der Waals surface area contributed by atoms with Gasteiger partial charge >= 0.3 is 0 Å². The third-order valence-corrected chi connectivity index (χ3v) is 6.09. The minimum atomic E-state index is -0.153. The predicted molar refractivity (Wildman–Crippen MR) is 119 cm³/mol. The number of benzene rings is 1. The van der Waals surface area contributed by atoms with Gasteiger partial charge in [0.2, 0.25) is 5.91 Å². The molecule has 1 aromatic carbocycles. The summed E-state index contributed by atoms with van der Waals surface area (Å²) in [5, 5.41) is 12.0. The Kier molecular flexibility index (Phi) is 8.30. The van der Waals surface area contributed by atoms with Crippen molar-refractivity contribution in [3.05, 3.63) is 41.5 Å². The number of methoxy groups -OCH3 is 1. The van der Waals surface area contributed by atoms with E-state index in [4.69, 9.17) is 4.74 Å². The second-order valence-electron chi connectivity index (χ2n) is 8.18. The molecule has 8 heteroatoms. The Labute approximate surface area is 183 Å². The molecular formula is C22H33N5O2S. The standard InChI is InChI=1S/C22H33N5O2S/c1-16(2)13-19(23-21(28)15-29-3)22-25-24-20-9-10-26(11-12-27(20)22)14-17-5-7-18(30-4)8-6-17/h5-8,16,19H,9-15H2,1-4H3,(H,23,28). The maximum absolute atomic E-state index is 12.2. The van der Waals surface area contributed by atoms with E-state index < -0.39 is 0 Å². The Balaban J connectivity index is 1.69. The summed E-state index contributed by atoms with van der Waals surface area (Å²) in [4.78, 5) is 15.9. The Bertz CT molecular complexity index is 821. The van der Waals surface area contributed by atoms with E-state index >= 15 is 0 Å². The molecule has 1 aliphatic rings. The van der Waals surface area contributed by atoms with Gasteiger partial charge in [0.25, 0.3) is 0 Å². The fourth-order valence-corrected chi connectivity index (χ4v) is 4.27. The van der Waals surface area contributed by atoms with Crippen LogP contribution in [0.4, 0.5) is 0 Å². The van der Waals surface area contributed by atoms with Crippen molar-refractivity contribution in [2.75, 3.05) is 33.1 Å². The summed E-state index contributed by atoms with van der Waals surface area (Å²) in [6.45, 7) is 8.00. The monoisotopic (exact) mass is 431 g/mol. The number of carbonyl (C=O) groups is 1. The largest absolute Gasteiger partial charge is 0.375 e. The zero-order chi connectivity index (χ0) is 21.5. The topological polar surface area (TPSA) is 72.3 Å². The first-order chi connectivity index (χ1) is 14.5. The molecule has 0 spiro atoms. The minimum Gasteiger partial charge on any atom is -0.375 e. The second kappa shape index (κ2) is 10.9. The highest BCUT2D eigenvalue weighted by molar-refractivity contribution is 7.98. The number of fused-ring (bicyclic) bond motifs is 1. The molecule has 30 heavy (non-hydrogen) atoms. The molecular weight excluding hydrogens is 398 g/mol. The molecule has 7 nitrogen and oxygen atoms in total. The van der Waals surface area contributed by atoms with Gasteiger partial charge in [0.1, 0.15) is 12.4 Å². The van der Waals surface area contributed by atoms with Crippen molar-refractivity contribution in [2.45, 2.75) is 50.7 Å². The number of nitrogens with zero attached hydrogens (tertiary/aromatic N) is 4. The molecule has 1 unspecified atom stereocenters. The summed E-state index contributed by atoms with van der Waals surface area (Å²) in [6.07, 6.45) is 3.77. The first kappa shape index (κ1) is 22.8. The molecule has 0 radical (unpaired) electrons. The van der Waals surface area contributed by atoms with E-state index in [1.54, 1.807) is 11.8 Å². The SMILES string of the molecule is COCC(=O)NC(CC(C)C)c1nnc2n1CCN(Cc1ccc(SC)cc1)CC2. The maximum atomic E-state index is 12.2. The quantitative estimate of drug-likeness (QED) is 0.616. The summed E-state index contributed by atoms with van der Waals surface area (Å²) in [5.41, 5.74) is 1.33. The van der Waals surface area contributed by atoms with Crippen LogP contribution in [0.3, 0.4) is 0 Å². The lowest BCUT2D eigenvalue weighted by Gasteiger charge is -2.22. The number of ether oxygens (including phenoxy) is 1. The highest BCUT2D eigenvalue weighted by Gasteiger charge is 2.26. The predicted octanol–water partition coefficient (Wildman–Crippen LogP) is 2.91. The van der Waals surface area contributed by atoms with Gasteiger partial charge in [-0.2, -0.15) is 0 Å². The van der Waals surface area contributed by atoms with E-state index in [1.165, 1.54) is 17.6 Å². The number of hydrogen-bond acceptors (Lipinski definition) is 6. The van der Waals surface area contributed by atoms with Crippen LogP contribution in [0.1, 0.15) is 43.5 Å². The van der Waals surface area contributed by atoms with Gasteiger partial charge in [-0.1, -0.05) is 26.0 Å². The van der Waals surface area contributed by atoms with Crippen molar-refractivity contribution in [3.8, 4) is 0 Å². The number of hydrogen-bond donors (Lipinski definition) is 1. The fourth-order valence-electron chi connectivity index (χ4n) is 3.86. The normalized spacial score (nSPS) is 15.6. The van der Waals surface area contributed by atoms with Crippen molar-refractivity contribution >= 4 is 17.7 Å². The minimum absolute atomic E-state index is 0.0543. The number of nitrogens with one attached hydrogen (secondary N) is 1. The maximum Gasteiger partial charge on any atom is 0.246 e. The Morgan fingerprint density at radius 2 is 1.97 bits per heavy atom. The third-order valence-electron chi connectivity index (χ3n) is 5.34. The van der Waals surface area contributed by atoms with Crippen LogP contribution in [0.15, 0.2) is 29.2 Å². The number of aromatic nitrogens is 3. The van der Waals surface area contributed by atoms with E-state index in [0.717, 1.165) is 50.7 Å². The van der Waals surface area contributed by atoms with E-state index in [0.29, 0.717) is 5.92 Å². The third kappa shape index (κ3) is 6.06. The van der Waals surface area contributed by atoms with Crippen molar-refractivity contribution in [2.24, 2.45) is 5.92 Å². The van der Waals surface area contributed by atoms with Crippen LogP contribution in [0.5, 0.6) is 0 Å². The van der Waals surface area contributed by atoms with Crippen LogP contribution in [-0.2, 0) is 29.0 Å². The zero-order valence-corrected chi connectivity index (χ0v) is 19.2. The van der Waals surface area contributed by atoms with E-state index in [1.807, 2.05) is 0 Å². The van der Waals surface area contributed by atoms with Gasteiger partial charge in [-0.3, -0.25) is 9.69 Å². The Morgan fingerprint density at radius 3 is 2.63 bits per heavy atom. The first-order valence-electron chi connectivity index (χ1n) is 10.6. The van der Waals surface area contributed by atoms with Gasteiger partial charge in [-0.15, -0.1) is 22.0 Å². The van der Waals surface area contributed by atoms with Crippen LogP contribution >= 0.6 is 11.8 Å². The summed E-state index contributed by atoms with van der Waals surface area (Å²) < 4.78 is 7.19. The first-order valence-corrected chi connectivity index (χ1v) is 11.8. The van der Waals surface area contributed by atoms with Gasteiger partial charge in [-0.05, 0) is 36.3 Å². The number of carbonyl (C=O) groups excluding carboxylic acids is 1. The molecule has 0 saturated carbocycles. The Morgan fingerprint density at radius 1 is 1.20 bits per heavy atom. The van der Waals surface area contributed by atoms with Crippen molar-refractivity contribution in [1.82, 2.24) is 25.0 Å². The van der Waals surface area contributed by atoms with Gasteiger partial charge in [0.05, 0.1) is 6.04 Å². The fraction of sp³-hybridized carbons (Fsp3) is 0.591. The number of rotatable bonds is 9. The van der Waals surface area contributed by atoms with Crippen LogP contribution in [-0.4, -0.2) is 58.6 Å². The molecule has 164 valence electrons. The molecule has 0 aliphatic carbocycles. The number of thioether (sulfide) groups is 1. The molecule has 1 N–H and O–H groups in total. The Hall–Kier alpha value is -1.90. The molecule has 0 bridgehead atoms. The van der Waals surface area contributed by atoms with Gasteiger partial charge in [-0.25, -0.2) is 0 Å². The van der Waals surface area contributed by atoms with Crippen LogP contribution in [0.25, 0.3) is 0 Å². The molecule has 1 aliphatic heterocycles. The van der Waals surface area contributed by atoms with E-state index in [9.17, 15) is 4.79 Å². The zero-order valence-electron chi connectivity index (χ0n) is 18.4. The van der Waals surface area contributed by atoms with Gasteiger partial charge in [0.15, 0.2) is 5.82 Å². The molecule has 0 fully saturated rings. The van der Waals surface area contributed by atoms with Crippen LogP contribution < -0.4 is 5.32 Å². The van der Waals surface area contributed by atoms with Crippen molar-refractivity contribution in [3.63, 3.8) is 0 Å². The number of amides is 1. The molecule has 1 amide bonds. The molecule has 1 atom stereocenters. The van der Waals surface area contributed by atoms with E-state index in [-0.39, 0.29) is 18.6 Å². The molecule has 1 aromatic heterocycles. The van der Waals surface area contributed by atoms with Gasteiger partial charge in [0, 0.05) is 44.6 Å². The average Bonchev–Trinajstić information content (AvgIpc) is 3.02. The summed E-state index contributed by atoms with van der Waals surface area (Å²) >= 11 is 1.77. The average molecular weight is 432 g/mol. The van der Waals surface area contributed by atoms with Crippen LogP contribution in [0.2, 0.25) is 0 Å². The lowest BCUT2D eigenvalue weighted by atomic mass is 10.0. The van der Waals surface area contributed by atoms with Crippen molar-refractivity contribution in [1.29, 1.82) is 0 Å². The smallest absolute Gasteiger partial charge is 0.246 e. The summed E-state index contributed by atoms with van der Waals surface area (Å²) in [7, 11) is 1.53. The summed E-state index contributed by atoms with van der Waals surface area (Å²) in [6, 6.07) is 8.65. The molecule has 0 saturated heterocycles. The van der Waals surface area contributed by atoms with Crippen molar-refractivity contribution < 1.29 is 9.53 Å². The lowest BCUT2D eigenvalue weighted by Crippen LogP contribution is -2.34. The highest BCUT2D eigenvalue weighted by Crippen LogP contribution is 2.23. The molecule has 3 rings (SSSR count). The van der Waals surface area contributed by atoms with E-state index in [2.05, 4.69) is 69.3 Å².